The van der Waals surface area contributed by atoms with E-state index >= 15 is 0 Å². The van der Waals surface area contributed by atoms with Crippen LogP contribution in [0, 0.1) is 0 Å². The molecule has 1 rings (SSSR count). The zero-order chi connectivity index (χ0) is 13.8. The quantitative estimate of drug-likeness (QED) is 0.721. The second-order valence-electron chi connectivity index (χ2n) is 3.56. The van der Waals surface area contributed by atoms with Gasteiger partial charge in [-0.3, -0.25) is 0 Å². The molecule has 0 atom stereocenters. The Morgan fingerprint density at radius 2 is 1.67 bits per heavy atom. The second-order valence-corrected chi connectivity index (χ2v) is 7.51. The Labute approximate surface area is 111 Å². The molecule has 0 amide bonds. The van der Waals surface area contributed by atoms with Crippen molar-refractivity contribution in [2.45, 2.75) is 11.3 Å². The molecule has 0 aromatic heterocycles. The standard InChI is InChI=1S/C9H13ClN2O4S2/c10-7-17(13,14)12-6-5-8-1-3-9(4-2-8)18(11,15)16/h1-4,12H,5-7H2,(H2,11,15,16). The molecule has 102 valence electrons. The van der Waals surface area contributed by atoms with Gasteiger partial charge < -0.3 is 0 Å². The van der Waals surface area contributed by atoms with Gasteiger partial charge in [-0.05, 0) is 24.1 Å². The molecule has 0 aliphatic heterocycles. The topological polar surface area (TPSA) is 106 Å². The minimum Gasteiger partial charge on any atom is -0.225 e. The maximum Gasteiger partial charge on any atom is 0.238 e. The van der Waals surface area contributed by atoms with Crippen LogP contribution >= 0.6 is 11.6 Å². The fourth-order valence-corrected chi connectivity index (χ4v) is 2.47. The lowest BCUT2D eigenvalue weighted by molar-refractivity contribution is 0.586. The van der Waals surface area contributed by atoms with Gasteiger partial charge in [-0.25, -0.2) is 26.7 Å². The number of alkyl halides is 1. The predicted molar refractivity (Wildman–Crippen MR) is 69.2 cm³/mol. The highest BCUT2D eigenvalue weighted by Crippen LogP contribution is 2.09. The number of nitrogens with two attached hydrogens (primary N) is 1. The van der Waals surface area contributed by atoms with Gasteiger partial charge in [0.2, 0.25) is 20.0 Å². The van der Waals surface area contributed by atoms with Gasteiger partial charge in [-0.2, -0.15) is 0 Å². The number of primary sulfonamides is 1. The molecule has 0 bridgehead atoms. The fraction of sp³-hybridized carbons (Fsp3) is 0.333. The number of benzene rings is 1. The average Bonchev–Trinajstić information content (AvgIpc) is 2.28. The molecule has 0 unspecified atom stereocenters. The highest BCUT2D eigenvalue weighted by Gasteiger charge is 2.08. The molecule has 9 heteroatoms. The molecule has 3 N–H and O–H groups in total. The van der Waals surface area contributed by atoms with Crippen molar-refractivity contribution < 1.29 is 16.8 Å². The Morgan fingerprint density at radius 3 is 2.11 bits per heavy atom. The third-order valence-electron chi connectivity index (χ3n) is 2.13. The normalized spacial score (nSPS) is 12.6. The Balaban J connectivity index is 2.61. The number of rotatable bonds is 6. The zero-order valence-electron chi connectivity index (χ0n) is 9.34. The van der Waals surface area contributed by atoms with Crippen LogP contribution in [-0.2, 0) is 26.5 Å². The predicted octanol–water partition coefficient (Wildman–Crippen LogP) is -0.00780. The monoisotopic (exact) mass is 312 g/mol. The molecule has 0 saturated carbocycles. The summed E-state index contributed by atoms with van der Waals surface area (Å²) in [6.07, 6.45) is 0.432. The number of hydrogen-bond donors (Lipinski definition) is 2. The average molecular weight is 313 g/mol. The summed E-state index contributed by atoms with van der Waals surface area (Å²) in [4.78, 5) is 0.0209. The van der Waals surface area contributed by atoms with Crippen LogP contribution in [0.3, 0.4) is 0 Å². The molecule has 0 radical (unpaired) electrons. The van der Waals surface area contributed by atoms with Gasteiger partial charge in [0, 0.05) is 6.54 Å². The lowest BCUT2D eigenvalue weighted by Gasteiger charge is -2.04. The maximum absolute atomic E-state index is 11.0. The van der Waals surface area contributed by atoms with Crippen LogP contribution in [0.25, 0.3) is 0 Å². The summed E-state index contributed by atoms with van der Waals surface area (Å²) in [5, 5.41) is 4.46. The lowest BCUT2D eigenvalue weighted by Crippen LogP contribution is -2.26. The Hall–Kier alpha value is -0.670. The van der Waals surface area contributed by atoms with Crippen LogP contribution < -0.4 is 9.86 Å². The molecule has 6 nitrogen and oxygen atoms in total. The van der Waals surface area contributed by atoms with Crippen molar-refractivity contribution >= 4 is 31.6 Å². The maximum atomic E-state index is 11.0. The van der Waals surface area contributed by atoms with E-state index in [1.807, 2.05) is 0 Å². The minimum atomic E-state index is -3.70. The molecule has 0 spiro atoms. The van der Waals surface area contributed by atoms with E-state index in [9.17, 15) is 16.8 Å². The van der Waals surface area contributed by atoms with Gasteiger partial charge in [-0.1, -0.05) is 12.1 Å². The number of sulfonamides is 2. The van der Waals surface area contributed by atoms with E-state index in [0.717, 1.165) is 5.56 Å². The summed E-state index contributed by atoms with van der Waals surface area (Å²) < 4.78 is 46.4. The van der Waals surface area contributed by atoms with E-state index in [1.165, 1.54) is 12.1 Å². The van der Waals surface area contributed by atoms with Gasteiger partial charge in [0.05, 0.1) is 4.90 Å². The van der Waals surface area contributed by atoms with Gasteiger partial charge >= 0.3 is 0 Å². The van der Waals surface area contributed by atoms with E-state index in [4.69, 9.17) is 16.7 Å². The molecule has 0 saturated heterocycles. The third-order valence-corrected chi connectivity index (χ3v) is 4.85. The molecule has 0 fully saturated rings. The van der Waals surface area contributed by atoms with Crippen LogP contribution in [0.5, 0.6) is 0 Å². The van der Waals surface area contributed by atoms with Crippen LogP contribution in [-0.4, -0.2) is 28.6 Å². The van der Waals surface area contributed by atoms with E-state index in [-0.39, 0.29) is 11.4 Å². The van der Waals surface area contributed by atoms with Crippen LogP contribution in [0.15, 0.2) is 29.2 Å². The van der Waals surface area contributed by atoms with Crippen molar-refractivity contribution in [2.75, 3.05) is 11.8 Å². The largest absolute Gasteiger partial charge is 0.238 e. The van der Waals surface area contributed by atoms with Gasteiger partial charge in [0.1, 0.15) is 5.21 Å². The highest BCUT2D eigenvalue weighted by molar-refractivity contribution is 7.90. The highest BCUT2D eigenvalue weighted by atomic mass is 35.5. The summed E-state index contributed by atoms with van der Waals surface area (Å²) in [5.74, 6) is 0. The van der Waals surface area contributed by atoms with Crippen molar-refractivity contribution in [1.29, 1.82) is 0 Å². The Bertz CT molecular complexity index is 596. The number of nitrogens with one attached hydrogen (secondary N) is 1. The van der Waals surface area contributed by atoms with Crippen molar-refractivity contribution in [3.8, 4) is 0 Å². The smallest absolute Gasteiger partial charge is 0.225 e. The molecule has 18 heavy (non-hydrogen) atoms. The van der Waals surface area contributed by atoms with Crippen molar-refractivity contribution in [2.24, 2.45) is 5.14 Å². The summed E-state index contributed by atoms with van der Waals surface area (Å²) in [6, 6.07) is 5.91. The molecule has 0 aliphatic rings. The first-order valence-corrected chi connectivity index (χ1v) is 8.63. The first-order valence-electron chi connectivity index (χ1n) is 4.90. The molecule has 0 heterocycles. The lowest BCUT2D eigenvalue weighted by atomic mass is 10.2. The Kier molecular flexibility index (Phi) is 5.11. The summed E-state index contributed by atoms with van der Waals surface area (Å²) in [7, 11) is -7.12. The van der Waals surface area contributed by atoms with Crippen LogP contribution in [0.4, 0.5) is 0 Å². The van der Waals surface area contributed by atoms with E-state index in [1.54, 1.807) is 12.1 Å². The van der Waals surface area contributed by atoms with Crippen LogP contribution in [0.2, 0.25) is 0 Å². The fourth-order valence-electron chi connectivity index (χ4n) is 1.24. The van der Waals surface area contributed by atoms with Gasteiger partial charge in [0.15, 0.2) is 0 Å². The summed E-state index contributed by atoms with van der Waals surface area (Å²) in [6.45, 7) is 0.198. The summed E-state index contributed by atoms with van der Waals surface area (Å²) in [5.41, 5.74) is 0.791. The van der Waals surface area contributed by atoms with Crippen LogP contribution in [0.1, 0.15) is 5.56 Å². The van der Waals surface area contributed by atoms with Crippen molar-refractivity contribution in [1.82, 2.24) is 4.72 Å². The second kappa shape index (κ2) is 5.98. The van der Waals surface area contributed by atoms with Crippen molar-refractivity contribution in [3.05, 3.63) is 29.8 Å². The minimum absolute atomic E-state index is 0.0209. The van der Waals surface area contributed by atoms with E-state index < -0.39 is 25.3 Å². The molecular weight excluding hydrogens is 300 g/mol. The van der Waals surface area contributed by atoms with E-state index in [2.05, 4.69) is 4.72 Å². The zero-order valence-corrected chi connectivity index (χ0v) is 11.7. The first kappa shape index (κ1) is 15.4. The van der Waals surface area contributed by atoms with Gasteiger partial charge in [-0.15, -0.1) is 11.6 Å². The van der Waals surface area contributed by atoms with Crippen molar-refractivity contribution in [3.63, 3.8) is 0 Å². The number of hydrogen-bond acceptors (Lipinski definition) is 4. The molecular formula is C9H13ClN2O4S2. The van der Waals surface area contributed by atoms with E-state index in [0.29, 0.717) is 6.42 Å². The SMILES string of the molecule is NS(=O)(=O)c1ccc(CCNS(=O)(=O)CCl)cc1. The summed E-state index contributed by atoms with van der Waals surface area (Å²) >= 11 is 5.21. The Morgan fingerprint density at radius 1 is 1.11 bits per heavy atom. The molecule has 1 aromatic carbocycles. The van der Waals surface area contributed by atoms with Gasteiger partial charge in [0.25, 0.3) is 0 Å². The molecule has 1 aromatic rings. The third kappa shape index (κ3) is 4.91. The first-order chi connectivity index (χ1) is 8.24. The molecule has 0 aliphatic carbocycles. The number of halogens is 1.